The molecular weight excluding hydrogens is 902 g/mol. The van der Waals surface area contributed by atoms with E-state index in [1.165, 1.54) is 49.1 Å². The fraction of sp³-hybridized carbons (Fsp3) is 0.302. The van der Waals surface area contributed by atoms with Crippen LogP contribution in [-0.4, -0.2) is 87.8 Å². The number of hydrogen-bond donors (Lipinski definition) is 0. The third-order valence-corrected chi connectivity index (χ3v) is 16.7. The SMILES string of the molecule is CCc1ccc(Cc2csc(N3CCN(S(=O)(=O)c4ccc(F)c(Cl)c4)CC3)n2)cc1.Cc1ccc(Cc2csc(N3CCN(S(=O)(=O)c4ccc(F)c(Cl)c4)CC3)n2)cc1. The molecule has 2 aliphatic heterocycles. The zero-order chi connectivity index (χ0) is 43.3. The fourth-order valence-electron chi connectivity index (χ4n) is 6.87. The van der Waals surface area contributed by atoms with Crippen LogP contribution in [0.5, 0.6) is 0 Å². The summed E-state index contributed by atoms with van der Waals surface area (Å²) >= 11 is 14.7. The van der Waals surface area contributed by atoms with Crippen LogP contribution in [0, 0.1) is 18.6 Å². The van der Waals surface area contributed by atoms with Crippen molar-refractivity contribution in [2.45, 2.75) is 42.9 Å². The van der Waals surface area contributed by atoms with Crippen molar-refractivity contribution >= 4 is 76.2 Å². The van der Waals surface area contributed by atoms with Crippen molar-refractivity contribution in [3.63, 3.8) is 0 Å². The first-order valence-electron chi connectivity index (χ1n) is 19.6. The van der Waals surface area contributed by atoms with Crippen molar-refractivity contribution in [1.29, 1.82) is 0 Å². The van der Waals surface area contributed by atoms with Gasteiger partial charge in [0.1, 0.15) is 11.6 Å². The number of thiazole rings is 2. The first kappa shape index (κ1) is 45.0. The van der Waals surface area contributed by atoms with Crippen LogP contribution in [0.2, 0.25) is 10.0 Å². The van der Waals surface area contributed by atoms with Gasteiger partial charge < -0.3 is 9.80 Å². The predicted molar refractivity (Wildman–Crippen MR) is 242 cm³/mol. The Kier molecular flexibility index (Phi) is 14.5. The minimum atomic E-state index is -3.71. The number of nitrogens with zero attached hydrogens (tertiary/aromatic N) is 6. The highest BCUT2D eigenvalue weighted by molar-refractivity contribution is 7.89. The van der Waals surface area contributed by atoms with Crippen molar-refractivity contribution in [3.8, 4) is 0 Å². The van der Waals surface area contributed by atoms with Crippen LogP contribution in [0.1, 0.15) is 40.6 Å². The van der Waals surface area contributed by atoms with Crippen molar-refractivity contribution < 1.29 is 25.6 Å². The Labute approximate surface area is 374 Å². The molecule has 2 saturated heterocycles. The van der Waals surface area contributed by atoms with Gasteiger partial charge in [-0.25, -0.2) is 35.6 Å². The second-order valence-electron chi connectivity index (χ2n) is 14.7. The highest BCUT2D eigenvalue weighted by Crippen LogP contribution is 2.29. The number of aryl methyl sites for hydroxylation is 2. The van der Waals surface area contributed by atoms with Gasteiger partial charge in [0.05, 0.1) is 31.2 Å². The van der Waals surface area contributed by atoms with Crippen molar-refractivity contribution in [2.24, 2.45) is 0 Å². The van der Waals surface area contributed by atoms with Crippen LogP contribution >= 0.6 is 45.9 Å². The number of anilines is 2. The molecule has 10 nitrogen and oxygen atoms in total. The molecule has 0 bridgehead atoms. The number of piperazine rings is 2. The van der Waals surface area contributed by atoms with Crippen LogP contribution in [0.3, 0.4) is 0 Å². The van der Waals surface area contributed by atoms with Gasteiger partial charge in [-0.1, -0.05) is 84.2 Å². The van der Waals surface area contributed by atoms with E-state index in [0.717, 1.165) is 59.1 Å². The van der Waals surface area contributed by atoms with E-state index >= 15 is 0 Å². The number of sulfonamides is 2. The summed E-state index contributed by atoms with van der Waals surface area (Å²) in [5, 5.41) is 5.53. The lowest BCUT2D eigenvalue weighted by molar-refractivity contribution is 0.384. The van der Waals surface area contributed by atoms with E-state index in [1.54, 1.807) is 22.7 Å². The summed E-state index contributed by atoms with van der Waals surface area (Å²) in [5.41, 5.74) is 7.01. The Hall–Kier alpha value is -4.00. The Morgan fingerprint density at radius 3 is 1.33 bits per heavy atom. The maximum absolute atomic E-state index is 13.4. The monoisotopic (exact) mass is 944 g/mol. The van der Waals surface area contributed by atoms with Gasteiger partial charge in [0.25, 0.3) is 0 Å². The molecule has 8 rings (SSSR count). The molecule has 4 aromatic carbocycles. The minimum Gasteiger partial charge on any atom is -0.345 e. The van der Waals surface area contributed by atoms with Crippen LogP contribution in [-0.2, 0) is 39.3 Å². The van der Waals surface area contributed by atoms with Crippen LogP contribution < -0.4 is 9.80 Å². The van der Waals surface area contributed by atoms with Gasteiger partial charge in [0.2, 0.25) is 20.0 Å². The highest BCUT2D eigenvalue weighted by Gasteiger charge is 2.31. The molecule has 6 aromatic rings. The third-order valence-electron chi connectivity index (χ3n) is 10.5. The zero-order valence-corrected chi connectivity index (χ0v) is 38.3. The number of hydrogen-bond acceptors (Lipinski definition) is 10. The maximum Gasteiger partial charge on any atom is 0.243 e. The lowest BCUT2D eigenvalue weighted by atomic mass is 10.1. The fourth-order valence-corrected chi connectivity index (χ4v) is 12.0. The van der Waals surface area contributed by atoms with Crippen molar-refractivity contribution in [2.75, 3.05) is 62.2 Å². The lowest BCUT2D eigenvalue weighted by Crippen LogP contribution is -2.48. The van der Waals surface area contributed by atoms with E-state index in [0.29, 0.717) is 52.4 Å². The molecule has 0 spiro atoms. The van der Waals surface area contributed by atoms with E-state index in [2.05, 4.69) is 82.9 Å². The van der Waals surface area contributed by atoms with E-state index < -0.39 is 31.7 Å². The topological polar surface area (TPSA) is 107 Å². The second-order valence-corrected chi connectivity index (χ2v) is 21.0. The average molecular weight is 946 g/mol. The molecule has 2 fully saturated rings. The predicted octanol–water partition coefficient (Wildman–Crippen LogP) is 8.95. The standard InChI is InChI=1S/C22H23ClFN3O2S2.C21H21ClFN3O2S2/c1-2-16-3-5-17(6-4-16)13-18-15-30-22(25-18)26-9-11-27(12-10-26)31(28,29)19-7-8-21(24)20(23)14-19;1-15-2-4-16(5-3-15)12-17-14-29-21(24-17)25-8-10-26(11-9-25)30(27,28)18-6-7-20(23)19(22)13-18/h3-8,14-15H,2,9-13H2,1H3;2-7,13-14H,8-12H2,1H3. The van der Waals surface area contributed by atoms with Gasteiger partial charge in [0, 0.05) is 76.0 Å². The van der Waals surface area contributed by atoms with E-state index in [1.807, 2.05) is 0 Å². The summed E-state index contributed by atoms with van der Waals surface area (Å²) in [4.78, 5) is 13.7. The van der Waals surface area contributed by atoms with Gasteiger partial charge in [-0.15, -0.1) is 22.7 Å². The summed E-state index contributed by atoms with van der Waals surface area (Å²) in [6.45, 7) is 7.75. The molecule has 61 heavy (non-hydrogen) atoms. The van der Waals surface area contributed by atoms with E-state index in [-0.39, 0.29) is 19.8 Å². The molecule has 0 atom stereocenters. The molecule has 0 aliphatic carbocycles. The van der Waals surface area contributed by atoms with Crippen molar-refractivity contribution in [3.05, 3.63) is 151 Å². The van der Waals surface area contributed by atoms with Gasteiger partial charge in [-0.3, -0.25) is 0 Å². The Morgan fingerprint density at radius 1 is 0.574 bits per heavy atom. The average Bonchev–Trinajstić information content (AvgIpc) is 3.94. The third kappa shape index (κ3) is 11.0. The summed E-state index contributed by atoms with van der Waals surface area (Å²) < 4.78 is 81.0. The Balaban J connectivity index is 0.000000184. The van der Waals surface area contributed by atoms with E-state index in [9.17, 15) is 25.6 Å². The molecule has 322 valence electrons. The largest absolute Gasteiger partial charge is 0.345 e. The van der Waals surface area contributed by atoms with Gasteiger partial charge in [-0.05, 0) is 66.4 Å². The van der Waals surface area contributed by atoms with Crippen LogP contribution in [0.25, 0.3) is 0 Å². The molecule has 0 unspecified atom stereocenters. The Bertz CT molecular complexity index is 2670. The van der Waals surface area contributed by atoms with Gasteiger partial charge in [0.15, 0.2) is 10.3 Å². The quantitative estimate of drug-likeness (QED) is 0.127. The molecule has 4 heterocycles. The summed E-state index contributed by atoms with van der Waals surface area (Å²) in [6, 6.07) is 24.0. The maximum atomic E-state index is 13.4. The lowest BCUT2D eigenvalue weighted by Gasteiger charge is -2.33. The number of halogens is 4. The van der Waals surface area contributed by atoms with Gasteiger partial charge in [-0.2, -0.15) is 8.61 Å². The smallest absolute Gasteiger partial charge is 0.243 e. The number of aromatic nitrogens is 2. The summed E-state index contributed by atoms with van der Waals surface area (Å²) in [5.74, 6) is -1.27. The van der Waals surface area contributed by atoms with Crippen LogP contribution in [0.15, 0.2) is 105 Å². The normalized spacial score (nSPS) is 15.4. The first-order valence-corrected chi connectivity index (χ1v) is 25.0. The summed E-state index contributed by atoms with van der Waals surface area (Å²) in [6.07, 6.45) is 2.58. The van der Waals surface area contributed by atoms with Crippen molar-refractivity contribution in [1.82, 2.24) is 18.6 Å². The highest BCUT2D eigenvalue weighted by atomic mass is 35.5. The molecule has 18 heteroatoms. The van der Waals surface area contributed by atoms with Crippen LogP contribution in [0.4, 0.5) is 19.0 Å². The summed E-state index contributed by atoms with van der Waals surface area (Å²) in [7, 11) is -7.42. The molecular formula is C43H44Cl2F2N6O4S4. The Morgan fingerprint density at radius 2 is 0.951 bits per heavy atom. The molecule has 2 aromatic heterocycles. The molecule has 0 saturated carbocycles. The molecule has 0 N–H and O–H groups in total. The van der Waals surface area contributed by atoms with E-state index in [4.69, 9.17) is 33.2 Å². The van der Waals surface area contributed by atoms with Gasteiger partial charge >= 0.3 is 0 Å². The molecule has 2 aliphatic rings. The first-order chi connectivity index (χ1) is 29.2. The minimum absolute atomic E-state index is 0.0111. The molecule has 0 amide bonds. The zero-order valence-electron chi connectivity index (χ0n) is 33.5. The second kappa shape index (κ2) is 19.6. The number of rotatable bonds is 11. The molecule has 0 radical (unpaired) electrons. The number of benzene rings is 4.